The third kappa shape index (κ3) is 2.10. The zero-order chi connectivity index (χ0) is 4.99. The molecule has 0 rings (SSSR count). The minimum absolute atomic E-state index is 0.128. The fourth-order valence-electron chi connectivity index (χ4n) is 0.0527. The van der Waals surface area contributed by atoms with E-state index in [2.05, 4.69) is 5.43 Å². The van der Waals surface area contributed by atoms with Crippen molar-refractivity contribution in [1.82, 2.24) is 5.43 Å². The van der Waals surface area contributed by atoms with Gasteiger partial charge in [0, 0.05) is 0 Å². The summed E-state index contributed by atoms with van der Waals surface area (Å²) in [5.74, 6) is 4.75. The zero-order valence-corrected chi connectivity index (χ0v) is 3.39. The average molecular weight is 91.1 g/mol. The molecule has 0 radical (unpaired) electrons. The fraction of sp³-hybridized carbons (Fsp3) is 1.00. The van der Waals surface area contributed by atoms with Crippen LogP contribution in [0, 0.1) is 0 Å². The minimum atomic E-state index is -0.481. The molecule has 0 bridgehead atoms. The highest BCUT2D eigenvalue weighted by Crippen LogP contribution is 1.55. The van der Waals surface area contributed by atoms with Crippen molar-refractivity contribution in [3.05, 3.63) is 0 Å². The molecule has 6 heavy (non-hydrogen) atoms. The van der Waals surface area contributed by atoms with E-state index in [1.807, 2.05) is 0 Å². The summed E-state index contributed by atoms with van der Waals surface area (Å²) in [5, 5.41) is 8.07. The number of hydrogen-bond acceptors (Lipinski definition) is 4. The topological polar surface area (TPSA) is 84.3 Å². The number of aliphatic hydroxyl groups excluding tert-OH is 1. The molecule has 0 fully saturated rings. The normalized spacial score (nSPS) is 14.5. The van der Waals surface area contributed by atoms with Crippen LogP contribution in [0.2, 0.25) is 0 Å². The minimum Gasteiger partial charge on any atom is -0.393 e. The molecule has 0 aliphatic heterocycles. The van der Waals surface area contributed by atoms with Crippen molar-refractivity contribution in [2.75, 3.05) is 6.61 Å². The molecule has 0 heterocycles. The predicted octanol–water partition coefficient (Wildman–Crippen LogP) is -2.27. The van der Waals surface area contributed by atoms with Crippen molar-refractivity contribution < 1.29 is 5.11 Å². The van der Waals surface area contributed by atoms with E-state index < -0.39 is 6.17 Å². The van der Waals surface area contributed by atoms with E-state index in [0.717, 1.165) is 0 Å². The van der Waals surface area contributed by atoms with Crippen LogP contribution in [-0.4, -0.2) is 17.9 Å². The van der Waals surface area contributed by atoms with E-state index in [9.17, 15) is 0 Å². The van der Waals surface area contributed by atoms with Crippen molar-refractivity contribution in [3.63, 3.8) is 0 Å². The number of hydrogen-bond donors (Lipinski definition) is 4. The Hall–Kier alpha value is -0.160. The van der Waals surface area contributed by atoms with Crippen LogP contribution in [0.15, 0.2) is 0 Å². The fourth-order valence-corrected chi connectivity index (χ4v) is 0.0527. The van der Waals surface area contributed by atoms with Gasteiger partial charge in [-0.3, -0.25) is 5.84 Å². The standard InChI is InChI=1S/C2H9N3O/c3-2(1-6)5-4/h2,5-6H,1,3-4H2. The van der Waals surface area contributed by atoms with Crippen molar-refractivity contribution in [2.45, 2.75) is 6.17 Å². The third-order valence-electron chi connectivity index (χ3n) is 0.411. The molecule has 0 aromatic heterocycles. The second-order valence-electron chi connectivity index (χ2n) is 0.956. The Morgan fingerprint density at radius 2 is 2.33 bits per heavy atom. The van der Waals surface area contributed by atoms with Crippen LogP contribution < -0.4 is 17.0 Å². The molecule has 0 saturated carbocycles. The summed E-state index contributed by atoms with van der Waals surface area (Å²) >= 11 is 0. The first-order valence-corrected chi connectivity index (χ1v) is 1.64. The van der Waals surface area contributed by atoms with E-state index in [0.29, 0.717) is 0 Å². The van der Waals surface area contributed by atoms with Gasteiger partial charge in [0.1, 0.15) is 0 Å². The molecule has 0 aromatic rings. The van der Waals surface area contributed by atoms with E-state index in [-0.39, 0.29) is 6.61 Å². The average Bonchev–Trinajstić information content (AvgIpc) is 1.65. The van der Waals surface area contributed by atoms with Gasteiger partial charge in [-0.15, -0.1) is 0 Å². The van der Waals surface area contributed by atoms with Gasteiger partial charge in [-0.2, -0.15) is 0 Å². The van der Waals surface area contributed by atoms with Crippen molar-refractivity contribution in [2.24, 2.45) is 11.6 Å². The van der Waals surface area contributed by atoms with Crippen LogP contribution in [0.4, 0.5) is 0 Å². The maximum Gasteiger partial charge on any atom is 0.0910 e. The predicted molar refractivity (Wildman–Crippen MR) is 22.4 cm³/mol. The van der Waals surface area contributed by atoms with Gasteiger partial charge in [0.25, 0.3) is 0 Å². The highest BCUT2D eigenvalue weighted by molar-refractivity contribution is 4.45. The molecule has 0 aliphatic rings. The van der Waals surface area contributed by atoms with E-state index >= 15 is 0 Å². The van der Waals surface area contributed by atoms with E-state index in [1.54, 1.807) is 0 Å². The molecule has 0 aromatic carbocycles. The van der Waals surface area contributed by atoms with Gasteiger partial charge in [-0.25, -0.2) is 5.43 Å². The summed E-state index contributed by atoms with van der Waals surface area (Å²) in [6.45, 7) is -0.128. The zero-order valence-electron chi connectivity index (χ0n) is 3.39. The Morgan fingerprint density at radius 3 is 2.33 bits per heavy atom. The Balaban J connectivity index is 2.75. The van der Waals surface area contributed by atoms with Crippen LogP contribution in [0.25, 0.3) is 0 Å². The second-order valence-corrected chi connectivity index (χ2v) is 0.956. The molecule has 1 unspecified atom stereocenters. The first-order chi connectivity index (χ1) is 2.81. The molecule has 1 atom stereocenters. The summed E-state index contributed by atoms with van der Waals surface area (Å²) in [5.41, 5.74) is 7.13. The van der Waals surface area contributed by atoms with E-state index in [1.165, 1.54) is 0 Å². The third-order valence-corrected chi connectivity index (χ3v) is 0.411. The Bertz CT molecular complexity index is 28.0. The lowest BCUT2D eigenvalue weighted by Gasteiger charge is -2.01. The summed E-state index contributed by atoms with van der Waals surface area (Å²) < 4.78 is 0. The highest BCUT2D eigenvalue weighted by atomic mass is 16.3. The molecule has 0 saturated heterocycles. The lowest BCUT2D eigenvalue weighted by atomic mass is 10.6. The number of aliphatic hydroxyl groups is 1. The molecular weight excluding hydrogens is 82.0 g/mol. The van der Waals surface area contributed by atoms with Gasteiger partial charge < -0.3 is 10.8 Å². The molecule has 38 valence electrons. The van der Waals surface area contributed by atoms with Crippen molar-refractivity contribution >= 4 is 0 Å². The van der Waals surface area contributed by atoms with Gasteiger partial charge in [0.15, 0.2) is 0 Å². The first-order valence-electron chi connectivity index (χ1n) is 1.64. The molecule has 0 amide bonds. The number of nitrogens with two attached hydrogens (primary N) is 2. The number of rotatable bonds is 2. The highest BCUT2D eigenvalue weighted by Gasteiger charge is 1.88. The number of hydrazine groups is 1. The quantitative estimate of drug-likeness (QED) is 0.175. The summed E-state index contributed by atoms with van der Waals surface area (Å²) in [6, 6.07) is 0. The lowest BCUT2D eigenvalue weighted by molar-refractivity contribution is 0.247. The van der Waals surface area contributed by atoms with E-state index in [4.69, 9.17) is 16.7 Å². The largest absolute Gasteiger partial charge is 0.393 e. The number of nitrogens with one attached hydrogen (secondary N) is 1. The van der Waals surface area contributed by atoms with Crippen LogP contribution in [0.3, 0.4) is 0 Å². The molecule has 0 spiro atoms. The molecular formula is C2H9N3O. The van der Waals surface area contributed by atoms with Crippen LogP contribution in [-0.2, 0) is 0 Å². The van der Waals surface area contributed by atoms with Crippen molar-refractivity contribution in [3.8, 4) is 0 Å². The lowest BCUT2D eigenvalue weighted by Crippen LogP contribution is -2.44. The van der Waals surface area contributed by atoms with Crippen molar-refractivity contribution in [1.29, 1.82) is 0 Å². The Labute approximate surface area is 36.1 Å². The van der Waals surface area contributed by atoms with Crippen LogP contribution in [0.1, 0.15) is 0 Å². The van der Waals surface area contributed by atoms with Gasteiger partial charge in [-0.05, 0) is 0 Å². The maximum absolute atomic E-state index is 8.07. The van der Waals surface area contributed by atoms with Gasteiger partial charge in [0.2, 0.25) is 0 Å². The second kappa shape index (κ2) is 3.05. The molecule has 4 nitrogen and oxygen atoms in total. The summed E-state index contributed by atoms with van der Waals surface area (Å²) in [7, 11) is 0. The van der Waals surface area contributed by atoms with Gasteiger partial charge in [0.05, 0.1) is 12.8 Å². The van der Waals surface area contributed by atoms with Gasteiger partial charge >= 0.3 is 0 Å². The summed E-state index contributed by atoms with van der Waals surface area (Å²) in [6.07, 6.45) is -0.481. The SMILES string of the molecule is NNC(N)CO. The Kier molecular flexibility index (Phi) is 2.97. The van der Waals surface area contributed by atoms with Gasteiger partial charge in [-0.1, -0.05) is 0 Å². The monoisotopic (exact) mass is 91.1 g/mol. The maximum atomic E-state index is 8.07. The van der Waals surface area contributed by atoms with Crippen LogP contribution in [0.5, 0.6) is 0 Å². The first kappa shape index (κ1) is 5.84. The smallest absolute Gasteiger partial charge is 0.0910 e. The molecule has 0 aliphatic carbocycles. The van der Waals surface area contributed by atoms with Crippen LogP contribution >= 0.6 is 0 Å². The summed E-state index contributed by atoms with van der Waals surface area (Å²) in [4.78, 5) is 0. The Morgan fingerprint density at radius 1 is 1.83 bits per heavy atom. The molecule has 6 N–H and O–H groups in total. The molecule has 4 heteroatoms.